The fraction of sp³-hybridized carbons (Fsp3) is 0.273. The van der Waals surface area contributed by atoms with Crippen molar-refractivity contribution >= 4 is 16.8 Å². The van der Waals surface area contributed by atoms with E-state index in [1.54, 1.807) is 0 Å². The maximum absolute atomic E-state index is 13.0. The average Bonchev–Trinajstić information content (AvgIpc) is 2.28. The van der Waals surface area contributed by atoms with E-state index in [2.05, 4.69) is 0 Å². The van der Waals surface area contributed by atoms with Crippen LogP contribution in [0.4, 0.5) is 4.39 Å². The number of halogens is 1. The fourth-order valence-electron chi connectivity index (χ4n) is 1.18. The molecule has 1 aromatic rings. The molecule has 0 aliphatic carbocycles. The molecule has 6 heteroatoms. The Balaban J connectivity index is 2.96. The smallest absolute Gasteiger partial charge is 0.318 e. The highest BCUT2D eigenvalue weighted by Crippen LogP contribution is 2.14. The van der Waals surface area contributed by atoms with Crippen LogP contribution in [0.5, 0.6) is 0 Å². The summed E-state index contributed by atoms with van der Waals surface area (Å²) < 4.78 is 24.6. The number of rotatable bonds is 4. The lowest BCUT2D eigenvalue weighted by Gasteiger charge is -2.07. The largest absolute Gasteiger partial charge is 0.480 e. The van der Waals surface area contributed by atoms with Crippen molar-refractivity contribution in [2.24, 2.45) is 0 Å². The summed E-state index contributed by atoms with van der Waals surface area (Å²) in [7, 11) is -1.68. The first-order valence-corrected chi connectivity index (χ1v) is 6.12. The quantitative estimate of drug-likeness (QED) is 0.882. The van der Waals surface area contributed by atoms with Crippen molar-refractivity contribution in [2.45, 2.75) is 17.9 Å². The van der Waals surface area contributed by atoms with Crippen LogP contribution in [0, 0.1) is 17.1 Å². The molecule has 0 aromatic heterocycles. The van der Waals surface area contributed by atoms with E-state index in [9.17, 15) is 13.4 Å². The predicted molar refractivity (Wildman–Crippen MR) is 60.1 cm³/mol. The zero-order valence-corrected chi connectivity index (χ0v) is 9.83. The van der Waals surface area contributed by atoms with Crippen molar-refractivity contribution in [1.29, 1.82) is 5.26 Å². The Morgan fingerprint density at radius 1 is 1.65 bits per heavy atom. The van der Waals surface area contributed by atoms with Crippen molar-refractivity contribution in [3.63, 3.8) is 0 Å². The topological polar surface area (TPSA) is 78.2 Å². The van der Waals surface area contributed by atoms with Gasteiger partial charge in [0.25, 0.3) is 0 Å². The number of benzene rings is 1. The molecule has 90 valence electrons. The number of hydrogen-bond donors (Lipinski definition) is 1. The van der Waals surface area contributed by atoms with Crippen molar-refractivity contribution in [3.8, 4) is 6.07 Å². The van der Waals surface area contributed by atoms with E-state index in [1.807, 2.05) is 6.07 Å². The Morgan fingerprint density at radius 3 is 2.82 bits per heavy atom. The van der Waals surface area contributed by atoms with E-state index in [4.69, 9.17) is 10.4 Å². The van der Waals surface area contributed by atoms with Crippen LogP contribution < -0.4 is 0 Å². The summed E-state index contributed by atoms with van der Waals surface area (Å²) in [6, 6.07) is 5.37. The van der Waals surface area contributed by atoms with Crippen molar-refractivity contribution < 1.29 is 18.5 Å². The third-order valence-electron chi connectivity index (χ3n) is 2.23. The van der Waals surface area contributed by atoms with Gasteiger partial charge in [-0.25, -0.2) is 4.39 Å². The summed E-state index contributed by atoms with van der Waals surface area (Å²) >= 11 is 0. The van der Waals surface area contributed by atoms with Crippen molar-refractivity contribution in [1.82, 2.24) is 0 Å². The van der Waals surface area contributed by atoms with Gasteiger partial charge >= 0.3 is 5.97 Å². The molecule has 0 radical (unpaired) electrons. The van der Waals surface area contributed by atoms with Crippen LogP contribution >= 0.6 is 0 Å². The summed E-state index contributed by atoms with van der Waals surface area (Å²) in [6.45, 7) is 1.31. The van der Waals surface area contributed by atoms with Crippen LogP contribution in [0.3, 0.4) is 0 Å². The minimum Gasteiger partial charge on any atom is -0.480 e. The SMILES string of the molecule is CC(C(=O)O)S(=O)Cc1cc(F)ccc1C#N. The highest BCUT2D eigenvalue weighted by Gasteiger charge is 2.20. The summed E-state index contributed by atoms with van der Waals surface area (Å²) in [5.74, 6) is -1.87. The van der Waals surface area contributed by atoms with E-state index < -0.39 is 27.8 Å². The molecule has 0 aliphatic heterocycles. The normalized spacial score (nSPS) is 13.7. The molecule has 0 spiro atoms. The molecule has 2 atom stereocenters. The summed E-state index contributed by atoms with van der Waals surface area (Å²) in [6.07, 6.45) is 0. The number of nitriles is 1. The van der Waals surface area contributed by atoms with Gasteiger partial charge < -0.3 is 5.11 Å². The van der Waals surface area contributed by atoms with Gasteiger partial charge in [-0.2, -0.15) is 5.26 Å². The lowest BCUT2D eigenvalue weighted by molar-refractivity contribution is -0.136. The molecular formula is C11H10FNO3S. The van der Waals surface area contributed by atoms with Gasteiger partial charge in [-0.1, -0.05) is 0 Å². The van der Waals surface area contributed by atoms with Crippen LogP contribution in [0.15, 0.2) is 18.2 Å². The van der Waals surface area contributed by atoms with Gasteiger partial charge in [0.05, 0.1) is 17.4 Å². The van der Waals surface area contributed by atoms with E-state index in [0.717, 1.165) is 12.1 Å². The number of aliphatic carboxylic acids is 1. The Morgan fingerprint density at radius 2 is 2.29 bits per heavy atom. The van der Waals surface area contributed by atoms with E-state index >= 15 is 0 Å². The number of hydrogen-bond acceptors (Lipinski definition) is 3. The lowest BCUT2D eigenvalue weighted by Crippen LogP contribution is -2.23. The highest BCUT2D eigenvalue weighted by atomic mass is 32.2. The number of carbonyl (C=O) groups is 1. The second kappa shape index (κ2) is 5.55. The zero-order valence-electron chi connectivity index (χ0n) is 9.01. The molecule has 0 bridgehead atoms. The monoisotopic (exact) mass is 255 g/mol. The maximum atomic E-state index is 13.0. The van der Waals surface area contributed by atoms with E-state index in [0.29, 0.717) is 0 Å². The average molecular weight is 255 g/mol. The van der Waals surface area contributed by atoms with Crippen LogP contribution in [-0.2, 0) is 21.3 Å². The number of nitrogens with zero attached hydrogens (tertiary/aromatic N) is 1. The van der Waals surface area contributed by atoms with Crippen molar-refractivity contribution in [3.05, 3.63) is 35.1 Å². The Hall–Kier alpha value is -1.74. The minimum absolute atomic E-state index is 0.145. The van der Waals surface area contributed by atoms with Gasteiger partial charge in [0.1, 0.15) is 11.1 Å². The fourth-order valence-corrected chi connectivity index (χ4v) is 2.20. The van der Waals surface area contributed by atoms with Crippen LogP contribution in [0.1, 0.15) is 18.1 Å². The predicted octanol–water partition coefficient (Wildman–Crippen LogP) is 1.42. The molecule has 2 unspecified atom stereocenters. The molecule has 1 N–H and O–H groups in total. The Kier molecular flexibility index (Phi) is 4.35. The molecule has 0 saturated heterocycles. The molecular weight excluding hydrogens is 245 g/mol. The summed E-state index contributed by atoms with van der Waals surface area (Å²) in [4.78, 5) is 10.6. The third kappa shape index (κ3) is 3.36. The molecule has 0 fully saturated rings. The summed E-state index contributed by atoms with van der Waals surface area (Å²) in [5, 5.41) is 16.4. The second-order valence-electron chi connectivity index (χ2n) is 3.42. The van der Waals surface area contributed by atoms with Crippen LogP contribution in [-0.4, -0.2) is 20.5 Å². The van der Waals surface area contributed by atoms with Crippen LogP contribution in [0.2, 0.25) is 0 Å². The van der Waals surface area contributed by atoms with Gasteiger partial charge in [-0.05, 0) is 30.7 Å². The first-order valence-electron chi connectivity index (χ1n) is 4.74. The molecule has 1 rings (SSSR count). The van der Waals surface area contributed by atoms with Crippen molar-refractivity contribution in [2.75, 3.05) is 0 Å². The first kappa shape index (κ1) is 13.3. The molecule has 0 saturated carbocycles. The lowest BCUT2D eigenvalue weighted by atomic mass is 10.1. The van der Waals surface area contributed by atoms with Crippen LogP contribution in [0.25, 0.3) is 0 Å². The van der Waals surface area contributed by atoms with Gasteiger partial charge in [0, 0.05) is 10.8 Å². The number of carboxylic acid groups (broad SMARTS) is 1. The Bertz CT molecular complexity index is 510. The molecule has 0 amide bonds. The second-order valence-corrected chi connectivity index (χ2v) is 5.18. The highest BCUT2D eigenvalue weighted by molar-refractivity contribution is 7.85. The molecule has 4 nitrogen and oxygen atoms in total. The standard InChI is InChI=1S/C11H10FNO3S/c1-7(11(14)15)17(16)6-9-4-10(12)3-2-8(9)5-13/h2-4,7H,6H2,1H3,(H,14,15). The van der Waals surface area contributed by atoms with Gasteiger partial charge in [0.2, 0.25) is 0 Å². The summed E-state index contributed by atoms with van der Waals surface area (Å²) in [5.41, 5.74) is 0.469. The van der Waals surface area contributed by atoms with Gasteiger partial charge in [-0.3, -0.25) is 9.00 Å². The Labute approximate surface area is 100 Å². The zero-order chi connectivity index (χ0) is 13.0. The van der Waals surface area contributed by atoms with E-state index in [-0.39, 0.29) is 16.9 Å². The molecule has 0 aliphatic rings. The molecule has 0 heterocycles. The maximum Gasteiger partial charge on any atom is 0.318 e. The van der Waals surface area contributed by atoms with E-state index in [1.165, 1.54) is 13.0 Å². The third-order valence-corrected chi connectivity index (χ3v) is 3.81. The molecule has 1 aromatic carbocycles. The number of carboxylic acids is 1. The first-order chi connectivity index (χ1) is 7.95. The molecule has 17 heavy (non-hydrogen) atoms. The van der Waals surface area contributed by atoms with Gasteiger partial charge in [-0.15, -0.1) is 0 Å². The van der Waals surface area contributed by atoms with Gasteiger partial charge in [0.15, 0.2) is 0 Å². The minimum atomic E-state index is -1.68.